The maximum atomic E-state index is 9.97. The molecule has 0 aromatic carbocycles. The van der Waals surface area contributed by atoms with Crippen molar-refractivity contribution in [1.29, 1.82) is 0 Å². The van der Waals surface area contributed by atoms with Crippen LogP contribution in [-0.2, 0) is 27.5 Å². The number of aliphatic hydroxyl groups is 1. The lowest BCUT2D eigenvalue weighted by Crippen LogP contribution is -2.09. The molecule has 0 radical (unpaired) electrons. The fourth-order valence-corrected chi connectivity index (χ4v) is 3.36. The number of aromatic hydroxyl groups is 1. The topological polar surface area (TPSA) is 96.2 Å². The van der Waals surface area contributed by atoms with Gasteiger partial charge in [-0.1, -0.05) is 0 Å². The van der Waals surface area contributed by atoms with Gasteiger partial charge in [0.05, 0.1) is 31.7 Å². The molecule has 1 heterocycles. The molecule has 0 spiro atoms. The second kappa shape index (κ2) is 8.41. The van der Waals surface area contributed by atoms with Crippen LogP contribution in [0.1, 0.15) is 30.7 Å². The Morgan fingerprint density at radius 2 is 2.05 bits per heavy atom. The van der Waals surface area contributed by atoms with E-state index in [2.05, 4.69) is 15.3 Å². The Morgan fingerprint density at radius 3 is 2.57 bits per heavy atom. The third-order valence-electron chi connectivity index (χ3n) is 2.50. The smallest absolute Gasteiger partial charge is 0.303 e. The minimum Gasteiger partial charge on any atom is -0.505 e. The van der Waals surface area contributed by atoms with Crippen molar-refractivity contribution >= 4 is 24.7 Å². The second-order valence-electron chi connectivity index (χ2n) is 3.98. The predicted molar refractivity (Wildman–Crippen MR) is 84.8 cm³/mol. The molecular weight excluding hydrogens is 313 g/mol. The van der Waals surface area contributed by atoms with Gasteiger partial charge in [0.1, 0.15) is 5.75 Å². The number of aryl methyl sites for hydroxylation is 1. The highest BCUT2D eigenvalue weighted by molar-refractivity contribution is 8.08. The van der Waals surface area contributed by atoms with Crippen LogP contribution in [0, 0.1) is 6.92 Å². The second-order valence-corrected chi connectivity index (χ2v) is 7.13. The molecule has 7 nitrogen and oxygen atoms in total. The summed E-state index contributed by atoms with van der Waals surface area (Å²) in [4.78, 5) is 3.97. The molecule has 21 heavy (non-hydrogen) atoms. The maximum Gasteiger partial charge on any atom is 0.303 e. The molecule has 3 N–H and O–H groups in total. The number of rotatable bonds is 8. The largest absolute Gasteiger partial charge is 0.505 e. The number of aliphatic hydroxyl groups excluding tert-OH is 1. The van der Waals surface area contributed by atoms with Crippen molar-refractivity contribution < 1.29 is 19.3 Å². The summed E-state index contributed by atoms with van der Waals surface area (Å²) in [6.07, 6.45) is 2.85. The van der Waals surface area contributed by atoms with Gasteiger partial charge in [-0.05, 0) is 32.6 Å². The van der Waals surface area contributed by atoms with E-state index in [0.717, 1.165) is 0 Å². The standard InChI is InChI=1S/C12H20N3O4PS/c1-4-18-20(21,19-5-2)15-14-7-11-10(8-16)6-13-9(3)12(11)17/h6-7,16-17H,4-5,8H2,1-3H3,(H,15,21)/b14-7+. The first-order valence-corrected chi connectivity index (χ1v) is 9.09. The molecule has 0 saturated heterocycles. The first-order chi connectivity index (χ1) is 9.97. The van der Waals surface area contributed by atoms with Crippen molar-refractivity contribution in [3.05, 3.63) is 23.0 Å². The summed E-state index contributed by atoms with van der Waals surface area (Å²) in [6, 6.07) is 0. The molecule has 0 saturated carbocycles. The average molecular weight is 333 g/mol. The molecule has 0 aliphatic carbocycles. The summed E-state index contributed by atoms with van der Waals surface area (Å²) in [5.74, 6) is -0.0341. The van der Waals surface area contributed by atoms with Gasteiger partial charge in [0.25, 0.3) is 0 Å². The third-order valence-corrected chi connectivity index (χ3v) is 4.93. The van der Waals surface area contributed by atoms with E-state index in [1.54, 1.807) is 6.92 Å². The van der Waals surface area contributed by atoms with Crippen molar-refractivity contribution in [2.75, 3.05) is 13.2 Å². The van der Waals surface area contributed by atoms with Crippen LogP contribution in [0.4, 0.5) is 0 Å². The lowest BCUT2D eigenvalue weighted by atomic mass is 10.1. The minimum absolute atomic E-state index is 0.0341. The van der Waals surface area contributed by atoms with Gasteiger partial charge in [-0.3, -0.25) is 4.98 Å². The summed E-state index contributed by atoms with van der Waals surface area (Å²) in [5, 5.41) is 25.9. The van der Waals surface area contributed by atoms with Gasteiger partial charge in [-0.2, -0.15) is 5.10 Å². The zero-order valence-corrected chi connectivity index (χ0v) is 13.9. The van der Waals surface area contributed by atoms with Crippen LogP contribution >= 0.6 is 6.64 Å². The van der Waals surface area contributed by atoms with Gasteiger partial charge < -0.3 is 19.3 Å². The Bertz CT molecular complexity index is 544. The molecular formula is C12H20N3O4PS. The third kappa shape index (κ3) is 5.01. The lowest BCUT2D eigenvalue weighted by Gasteiger charge is -2.19. The number of pyridine rings is 1. The highest BCUT2D eigenvalue weighted by Crippen LogP contribution is 2.43. The molecule has 0 unspecified atom stereocenters. The van der Waals surface area contributed by atoms with Crippen molar-refractivity contribution in [2.45, 2.75) is 27.4 Å². The maximum absolute atomic E-state index is 9.97. The SMILES string of the molecule is CCOP(=S)(N/N=C/c1c(CO)cnc(C)c1O)OCC. The normalized spacial score (nSPS) is 12.0. The zero-order valence-electron chi connectivity index (χ0n) is 12.2. The molecule has 0 aliphatic heterocycles. The Balaban J connectivity index is 2.95. The van der Waals surface area contributed by atoms with Crippen molar-refractivity contribution in [1.82, 2.24) is 10.2 Å². The highest BCUT2D eigenvalue weighted by atomic mass is 32.5. The molecule has 1 rings (SSSR count). The van der Waals surface area contributed by atoms with Gasteiger partial charge in [0, 0.05) is 17.3 Å². The first-order valence-electron chi connectivity index (χ1n) is 6.45. The molecule has 0 aliphatic rings. The summed E-state index contributed by atoms with van der Waals surface area (Å²) in [7, 11) is 0. The van der Waals surface area contributed by atoms with Crippen LogP contribution in [-0.4, -0.2) is 34.6 Å². The lowest BCUT2D eigenvalue weighted by molar-refractivity contribution is 0.259. The Hall–Kier alpha value is -1.05. The molecule has 0 atom stereocenters. The van der Waals surface area contributed by atoms with Gasteiger partial charge in [0.2, 0.25) is 0 Å². The van der Waals surface area contributed by atoms with Crippen molar-refractivity contribution in [2.24, 2.45) is 5.10 Å². The number of hydrogen-bond donors (Lipinski definition) is 3. The summed E-state index contributed by atoms with van der Waals surface area (Å²) >= 11 is 5.25. The molecule has 9 heteroatoms. The Kier molecular flexibility index (Phi) is 7.21. The fraction of sp³-hybridized carbons (Fsp3) is 0.500. The van der Waals surface area contributed by atoms with Crippen LogP contribution in [0.2, 0.25) is 0 Å². The van der Waals surface area contributed by atoms with E-state index in [4.69, 9.17) is 20.9 Å². The van der Waals surface area contributed by atoms with Crippen LogP contribution in [0.25, 0.3) is 0 Å². The van der Waals surface area contributed by atoms with E-state index in [1.165, 1.54) is 12.4 Å². The van der Waals surface area contributed by atoms with Crippen LogP contribution in [0.3, 0.4) is 0 Å². The van der Waals surface area contributed by atoms with E-state index in [0.29, 0.717) is 30.0 Å². The van der Waals surface area contributed by atoms with E-state index in [1.807, 2.05) is 13.8 Å². The molecule has 0 bridgehead atoms. The summed E-state index contributed by atoms with van der Waals surface area (Å²) in [5.41, 5.74) is 1.29. The number of hydrazone groups is 1. The number of nitrogens with zero attached hydrogens (tertiary/aromatic N) is 2. The first kappa shape index (κ1) is 18.0. The average Bonchev–Trinajstić information content (AvgIpc) is 2.44. The number of hydrogen-bond acceptors (Lipinski definition) is 7. The van der Waals surface area contributed by atoms with Gasteiger partial charge in [-0.25, -0.2) is 5.20 Å². The number of aromatic nitrogens is 1. The zero-order chi connectivity index (χ0) is 15.9. The van der Waals surface area contributed by atoms with Crippen LogP contribution < -0.4 is 5.20 Å². The molecule has 118 valence electrons. The monoisotopic (exact) mass is 333 g/mol. The van der Waals surface area contributed by atoms with E-state index < -0.39 is 6.64 Å². The van der Waals surface area contributed by atoms with E-state index in [-0.39, 0.29) is 12.4 Å². The minimum atomic E-state index is -2.68. The van der Waals surface area contributed by atoms with E-state index >= 15 is 0 Å². The fourth-order valence-electron chi connectivity index (χ4n) is 1.52. The highest BCUT2D eigenvalue weighted by Gasteiger charge is 2.16. The van der Waals surface area contributed by atoms with Crippen LogP contribution in [0.15, 0.2) is 11.3 Å². The molecule has 1 aromatic rings. The van der Waals surface area contributed by atoms with E-state index in [9.17, 15) is 10.2 Å². The molecule has 1 aromatic heterocycles. The van der Waals surface area contributed by atoms with Gasteiger partial charge in [0.15, 0.2) is 0 Å². The van der Waals surface area contributed by atoms with Gasteiger partial charge >= 0.3 is 6.64 Å². The number of nitrogens with one attached hydrogen (secondary N) is 1. The molecule has 0 fully saturated rings. The van der Waals surface area contributed by atoms with Crippen LogP contribution in [0.5, 0.6) is 5.75 Å². The van der Waals surface area contributed by atoms with Crippen molar-refractivity contribution in [3.8, 4) is 5.75 Å². The predicted octanol–water partition coefficient (Wildman–Crippen LogP) is 1.81. The summed E-state index contributed by atoms with van der Waals surface area (Å²) < 4.78 is 10.7. The Labute approximate surface area is 129 Å². The quantitative estimate of drug-likeness (QED) is 0.379. The molecule has 0 amide bonds. The van der Waals surface area contributed by atoms with Crippen molar-refractivity contribution in [3.63, 3.8) is 0 Å². The summed E-state index contributed by atoms with van der Waals surface area (Å²) in [6.45, 7) is 3.15. The Morgan fingerprint density at radius 1 is 1.43 bits per heavy atom. The van der Waals surface area contributed by atoms with Gasteiger partial charge in [-0.15, -0.1) is 0 Å².